The van der Waals surface area contributed by atoms with E-state index in [1.807, 2.05) is 18.0 Å². The summed E-state index contributed by atoms with van der Waals surface area (Å²) in [5.41, 5.74) is 8.02. The summed E-state index contributed by atoms with van der Waals surface area (Å²) < 4.78 is 5.47. The van der Waals surface area contributed by atoms with Crippen molar-refractivity contribution in [3.05, 3.63) is 29.3 Å². The second-order valence-corrected chi connectivity index (χ2v) is 5.00. The first kappa shape index (κ1) is 13.8. The summed E-state index contributed by atoms with van der Waals surface area (Å²) in [4.78, 5) is 12.6. The van der Waals surface area contributed by atoms with E-state index in [0.717, 1.165) is 31.7 Å². The SMILES string of the molecule is CN(CCc1ccc2c(c1)CCO2)CC(N)C(=O)O. The van der Waals surface area contributed by atoms with Crippen LogP contribution in [0.5, 0.6) is 5.75 Å². The molecule has 1 aliphatic heterocycles. The quantitative estimate of drug-likeness (QED) is 0.783. The number of likely N-dealkylation sites (N-methyl/N-ethyl adjacent to an activating group) is 1. The number of carbonyl (C=O) groups is 1. The minimum atomic E-state index is -0.957. The molecule has 5 heteroatoms. The fourth-order valence-corrected chi connectivity index (χ4v) is 2.22. The maximum absolute atomic E-state index is 10.7. The van der Waals surface area contributed by atoms with Gasteiger partial charge in [-0.15, -0.1) is 0 Å². The van der Waals surface area contributed by atoms with E-state index in [1.165, 1.54) is 11.1 Å². The van der Waals surface area contributed by atoms with Crippen molar-refractivity contribution in [2.75, 3.05) is 26.7 Å². The van der Waals surface area contributed by atoms with Crippen LogP contribution in [-0.2, 0) is 17.6 Å². The summed E-state index contributed by atoms with van der Waals surface area (Å²) in [5.74, 6) is 0.0338. The second kappa shape index (κ2) is 6.04. The number of ether oxygens (including phenoxy) is 1. The third-order valence-electron chi connectivity index (χ3n) is 3.36. The van der Waals surface area contributed by atoms with Gasteiger partial charge in [-0.3, -0.25) is 4.79 Å². The number of hydrogen-bond donors (Lipinski definition) is 2. The number of nitrogens with two attached hydrogens (primary N) is 1. The zero-order valence-electron chi connectivity index (χ0n) is 11.1. The van der Waals surface area contributed by atoms with E-state index in [2.05, 4.69) is 12.1 Å². The highest BCUT2D eigenvalue weighted by Gasteiger charge is 2.15. The summed E-state index contributed by atoms with van der Waals surface area (Å²) >= 11 is 0. The molecule has 1 atom stereocenters. The molecule has 1 aromatic rings. The second-order valence-electron chi connectivity index (χ2n) is 5.00. The maximum atomic E-state index is 10.7. The van der Waals surface area contributed by atoms with Crippen molar-refractivity contribution in [1.29, 1.82) is 0 Å². The van der Waals surface area contributed by atoms with Crippen molar-refractivity contribution in [2.45, 2.75) is 18.9 Å². The molecule has 19 heavy (non-hydrogen) atoms. The predicted molar refractivity (Wildman–Crippen MR) is 72.5 cm³/mol. The third kappa shape index (κ3) is 3.68. The number of nitrogens with zero attached hydrogens (tertiary/aromatic N) is 1. The smallest absolute Gasteiger partial charge is 0.321 e. The van der Waals surface area contributed by atoms with E-state index in [4.69, 9.17) is 15.6 Å². The number of aliphatic carboxylic acids is 1. The molecule has 3 N–H and O–H groups in total. The minimum absolute atomic E-state index is 0.364. The van der Waals surface area contributed by atoms with Crippen LogP contribution in [-0.4, -0.2) is 48.8 Å². The Morgan fingerprint density at radius 2 is 2.37 bits per heavy atom. The Hall–Kier alpha value is -1.59. The Labute approximate surface area is 113 Å². The molecule has 0 saturated heterocycles. The van der Waals surface area contributed by atoms with Crippen LogP contribution in [0.3, 0.4) is 0 Å². The van der Waals surface area contributed by atoms with E-state index in [0.29, 0.717) is 6.54 Å². The maximum Gasteiger partial charge on any atom is 0.321 e. The molecular weight excluding hydrogens is 244 g/mol. The van der Waals surface area contributed by atoms with E-state index in [-0.39, 0.29) is 0 Å². The van der Waals surface area contributed by atoms with Crippen molar-refractivity contribution in [3.63, 3.8) is 0 Å². The number of carboxylic acids is 1. The lowest BCUT2D eigenvalue weighted by Gasteiger charge is -2.18. The molecule has 0 fully saturated rings. The number of carboxylic acid groups (broad SMARTS) is 1. The molecule has 0 aromatic heterocycles. The molecule has 0 radical (unpaired) electrons. The molecule has 0 spiro atoms. The van der Waals surface area contributed by atoms with E-state index in [9.17, 15) is 4.79 Å². The van der Waals surface area contributed by atoms with Crippen LogP contribution in [0.25, 0.3) is 0 Å². The van der Waals surface area contributed by atoms with Gasteiger partial charge in [0.25, 0.3) is 0 Å². The standard InChI is InChI=1S/C14H20N2O3/c1-16(9-12(15)14(17)18)6-4-10-2-3-13-11(8-10)5-7-19-13/h2-3,8,12H,4-7,9,15H2,1H3,(H,17,18). The van der Waals surface area contributed by atoms with Gasteiger partial charge in [-0.1, -0.05) is 12.1 Å². The fraction of sp³-hybridized carbons (Fsp3) is 0.500. The van der Waals surface area contributed by atoms with Crippen LogP contribution in [0.4, 0.5) is 0 Å². The summed E-state index contributed by atoms with van der Waals surface area (Å²) in [7, 11) is 1.89. The van der Waals surface area contributed by atoms with Crippen molar-refractivity contribution < 1.29 is 14.6 Å². The summed E-state index contributed by atoms with van der Waals surface area (Å²) in [6, 6.07) is 5.43. The van der Waals surface area contributed by atoms with Gasteiger partial charge in [-0.05, 0) is 30.7 Å². The van der Waals surface area contributed by atoms with Crippen LogP contribution < -0.4 is 10.5 Å². The molecule has 0 bridgehead atoms. The number of hydrogen-bond acceptors (Lipinski definition) is 4. The molecule has 5 nitrogen and oxygen atoms in total. The average Bonchev–Trinajstić information content (AvgIpc) is 2.83. The highest BCUT2D eigenvalue weighted by Crippen LogP contribution is 2.25. The topological polar surface area (TPSA) is 75.8 Å². The van der Waals surface area contributed by atoms with Gasteiger partial charge in [0.05, 0.1) is 6.61 Å². The lowest BCUT2D eigenvalue weighted by Crippen LogP contribution is -2.41. The Bertz CT molecular complexity index is 462. The van der Waals surface area contributed by atoms with Gasteiger partial charge >= 0.3 is 5.97 Å². The van der Waals surface area contributed by atoms with Crippen molar-refractivity contribution >= 4 is 5.97 Å². The molecule has 104 valence electrons. The van der Waals surface area contributed by atoms with Crippen molar-refractivity contribution in [2.24, 2.45) is 5.73 Å². The highest BCUT2D eigenvalue weighted by molar-refractivity contribution is 5.73. The van der Waals surface area contributed by atoms with Gasteiger partial charge in [0, 0.05) is 19.5 Å². The normalized spacial score (nSPS) is 15.1. The van der Waals surface area contributed by atoms with E-state index in [1.54, 1.807) is 0 Å². The van der Waals surface area contributed by atoms with Gasteiger partial charge in [0.2, 0.25) is 0 Å². The van der Waals surface area contributed by atoms with Gasteiger partial charge in [-0.2, -0.15) is 0 Å². The van der Waals surface area contributed by atoms with Crippen LogP contribution in [0.1, 0.15) is 11.1 Å². The zero-order valence-corrected chi connectivity index (χ0v) is 11.1. The summed E-state index contributed by atoms with van der Waals surface area (Å²) in [5, 5.41) is 8.76. The molecule has 0 saturated carbocycles. The first-order valence-corrected chi connectivity index (χ1v) is 6.48. The zero-order chi connectivity index (χ0) is 13.8. The Balaban J connectivity index is 1.83. The van der Waals surface area contributed by atoms with Gasteiger partial charge in [0.1, 0.15) is 11.8 Å². The Morgan fingerprint density at radius 3 is 3.11 bits per heavy atom. The van der Waals surface area contributed by atoms with Crippen LogP contribution in [0.2, 0.25) is 0 Å². The van der Waals surface area contributed by atoms with Crippen molar-refractivity contribution in [3.8, 4) is 5.75 Å². The molecule has 1 heterocycles. The lowest BCUT2D eigenvalue weighted by atomic mass is 10.1. The van der Waals surface area contributed by atoms with Gasteiger partial charge in [0.15, 0.2) is 0 Å². The van der Waals surface area contributed by atoms with Crippen LogP contribution in [0.15, 0.2) is 18.2 Å². The number of fused-ring (bicyclic) bond motifs is 1. The first-order chi connectivity index (χ1) is 9.06. The van der Waals surface area contributed by atoms with Crippen LogP contribution >= 0.6 is 0 Å². The Kier molecular flexibility index (Phi) is 4.39. The predicted octanol–water partition coefficient (Wildman–Crippen LogP) is 0.508. The fourth-order valence-electron chi connectivity index (χ4n) is 2.22. The summed E-state index contributed by atoms with van der Waals surface area (Å²) in [6.45, 7) is 1.93. The van der Waals surface area contributed by atoms with Gasteiger partial charge in [-0.25, -0.2) is 0 Å². The first-order valence-electron chi connectivity index (χ1n) is 6.48. The van der Waals surface area contributed by atoms with E-state index >= 15 is 0 Å². The third-order valence-corrected chi connectivity index (χ3v) is 3.36. The monoisotopic (exact) mass is 264 g/mol. The van der Waals surface area contributed by atoms with Gasteiger partial charge < -0.3 is 20.5 Å². The molecular formula is C14H20N2O3. The molecule has 2 rings (SSSR count). The Morgan fingerprint density at radius 1 is 1.58 bits per heavy atom. The summed E-state index contributed by atoms with van der Waals surface area (Å²) in [6.07, 6.45) is 1.86. The van der Waals surface area contributed by atoms with Crippen molar-refractivity contribution in [1.82, 2.24) is 4.90 Å². The molecule has 1 aliphatic rings. The van der Waals surface area contributed by atoms with E-state index < -0.39 is 12.0 Å². The molecule has 1 aromatic carbocycles. The molecule has 0 aliphatic carbocycles. The lowest BCUT2D eigenvalue weighted by molar-refractivity contribution is -0.138. The van der Waals surface area contributed by atoms with Crippen LogP contribution in [0, 0.1) is 0 Å². The molecule has 0 amide bonds. The number of benzene rings is 1. The highest BCUT2D eigenvalue weighted by atomic mass is 16.5. The average molecular weight is 264 g/mol. The molecule has 1 unspecified atom stereocenters. The minimum Gasteiger partial charge on any atom is -0.493 e. The largest absolute Gasteiger partial charge is 0.493 e. The number of rotatable bonds is 6.